The molecular formula is C8H7O. The molecule has 0 saturated carbocycles. The maximum atomic E-state index is 4.91. The van der Waals surface area contributed by atoms with Gasteiger partial charge in [-0.05, 0) is 6.07 Å². The van der Waals surface area contributed by atoms with Gasteiger partial charge in [-0.3, -0.25) is 0 Å². The van der Waals surface area contributed by atoms with Crippen molar-refractivity contribution in [3.63, 3.8) is 0 Å². The van der Waals surface area contributed by atoms with Crippen LogP contribution in [0.25, 0.3) is 0 Å². The summed E-state index contributed by atoms with van der Waals surface area (Å²) in [7, 11) is 0. The molecule has 0 fully saturated rings. The highest BCUT2D eigenvalue weighted by Gasteiger charge is 1.83. The Labute approximate surface area is 54.6 Å². The molecule has 0 N–H and O–H groups in total. The van der Waals surface area contributed by atoms with Gasteiger partial charge in [0.2, 0.25) is 0 Å². The number of ether oxygens (including phenoxy) is 1. The van der Waals surface area contributed by atoms with Gasteiger partial charge in [0.25, 0.3) is 0 Å². The van der Waals surface area contributed by atoms with Crippen molar-refractivity contribution in [2.75, 3.05) is 0 Å². The summed E-state index contributed by atoms with van der Waals surface area (Å²) in [5, 5.41) is 0. The van der Waals surface area contributed by atoms with Crippen LogP contribution in [0.2, 0.25) is 0 Å². The third kappa shape index (κ3) is 1.61. The summed E-state index contributed by atoms with van der Waals surface area (Å²) in [6.45, 7) is 3.41. The molecule has 0 spiro atoms. The van der Waals surface area contributed by atoms with Crippen LogP contribution in [0.1, 0.15) is 0 Å². The lowest BCUT2D eigenvalue weighted by Crippen LogP contribution is -1.77. The van der Waals surface area contributed by atoms with Crippen molar-refractivity contribution in [3.8, 4) is 5.75 Å². The van der Waals surface area contributed by atoms with Gasteiger partial charge in [0.15, 0.2) is 0 Å². The van der Waals surface area contributed by atoms with Crippen LogP contribution in [0.15, 0.2) is 37.1 Å². The third-order valence-electron chi connectivity index (χ3n) is 0.891. The molecule has 9 heavy (non-hydrogen) atoms. The summed E-state index contributed by atoms with van der Waals surface area (Å²) in [5.74, 6) is 0.701. The first-order chi connectivity index (χ1) is 4.43. The summed E-state index contributed by atoms with van der Waals surface area (Å²) in [6.07, 6.45) is 1.38. The molecule has 0 aliphatic rings. The lowest BCUT2D eigenvalue weighted by atomic mass is 10.3. The molecule has 1 aromatic rings. The molecule has 45 valence electrons. The fraction of sp³-hybridized carbons (Fsp3) is 0. The molecule has 0 amide bonds. The van der Waals surface area contributed by atoms with Gasteiger partial charge in [0.05, 0.1) is 6.26 Å². The normalized spacial score (nSPS) is 8.44. The topological polar surface area (TPSA) is 9.23 Å². The zero-order valence-corrected chi connectivity index (χ0v) is 5.00. The van der Waals surface area contributed by atoms with E-state index >= 15 is 0 Å². The molecule has 0 aromatic heterocycles. The molecule has 0 heterocycles. The Kier molecular flexibility index (Phi) is 1.91. The van der Waals surface area contributed by atoms with Crippen LogP contribution in [0.4, 0.5) is 0 Å². The Morgan fingerprint density at radius 1 is 1.56 bits per heavy atom. The van der Waals surface area contributed by atoms with E-state index in [-0.39, 0.29) is 0 Å². The molecule has 0 aliphatic carbocycles. The van der Waals surface area contributed by atoms with Crippen LogP contribution in [-0.2, 0) is 0 Å². The highest BCUT2D eigenvalue weighted by molar-refractivity contribution is 5.19. The first-order valence-corrected chi connectivity index (χ1v) is 2.68. The molecule has 1 nitrogen and oxygen atoms in total. The van der Waals surface area contributed by atoms with Gasteiger partial charge in [-0.25, -0.2) is 0 Å². The van der Waals surface area contributed by atoms with E-state index in [1.807, 2.05) is 18.2 Å². The smallest absolute Gasteiger partial charge is 0.134 e. The second-order valence-corrected chi connectivity index (χ2v) is 1.51. The standard InChI is InChI=1S/C8H7O/c1-2-9-8-6-4-3-5-7-8/h2-6H,1H2. The Balaban J connectivity index is 2.72. The van der Waals surface area contributed by atoms with E-state index in [4.69, 9.17) is 4.74 Å². The summed E-state index contributed by atoms with van der Waals surface area (Å²) in [6, 6.07) is 10.3. The van der Waals surface area contributed by atoms with Gasteiger partial charge in [-0.1, -0.05) is 24.8 Å². The van der Waals surface area contributed by atoms with E-state index in [1.54, 1.807) is 6.07 Å². The fourth-order valence-electron chi connectivity index (χ4n) is 0.540. The number of hydrogen-bond acceptors (Lipinski definition) is 1. The summed E-state index contributed by atoms with van der Waals surface area (Å²) in [4.78, 5) is 0. The van der Waals surface area contributed by atoms with Crippen molar-refractivity contribution in [3.05, 3.63) is 43.2 Å². The molecule has 1 rings (SSSR count). The first-order valence-electron chi connectivity index (χ1n) is 2.68. The van der Waals surface area contributed by atoms with E-state index in [0.29, 0.717) is 5.75 Å². The molecule has 0 bridgehead atoms. The lowest BCUT2D eigenvalue weighted by Gasteiger charge is -1.94. The van der Waals surface area contributed by atoms with Crippen molar-refractivity contribution in [1.29, 1.82) is 0 Å². The quantitative estimate of drug-likeness (QED) is 0.541. The number of para-hydroxylation sites is 1. The van der Waals surface area contributed by atoms with E-state index in [9.17, 15) is 0 Å². The minimum absolute atomic E-state index is 0.701. The summed E-state index contributed by atoms with van der Waals surface area (Å²) >= 11 is 0. The molecule has 0 unspecified atom stereocenters. The minimum Gasteiger partial charge on any atom is -0.465 e. The molecule has 0 saturated heterocycles. The van der Waals surface area contributed by atoms with Crippen molar-refractivity contribution >= 4 is 0 Å². The largest absolute Gasteiger partial charge is 0.465 e. The van der Waals surface area contributed by atoms with Crippen molar-refractivity contribution in [2.24, 2.45) is 0 Å². The van der Waals surface area contributed by atoms with Gasteiger partial charge in [-0.15, -0.1) is 0 Å². The zero-order chi connectivity index (χ0) is 6.53. The summed E-state index contributed by atoms with van der Waals surface area (Å²) < 4.78 is 4.91. The van der Waals surface area contributed by atoms with Crippen molar-refractivity contribution in [1.82, 2.24) is 0 Å². The van der Waals surface area contributed by atoms with Crippen LogP contribution in [0, 0.1) is 6.07 Å². The van der Waals surface area contributed by atoms with Crippen LogP contribution in [0.5, 0.6) is 5.75 Å². The van der Waals surface area contributed by atoms with Gasteiger partial charge in [0, 0.05) is 6.07 Å². The first kappa shape index (κ1) is 5.89. The fourth-order valence-corrected chi connectivity index (χ4v) is 0.540. The molecule has 0 aliphatic heterocycles. The van der Waals surface area contributed by atoms with Crippen LogP contribution in [0.3, 0.4) is 0 Å². The highest BCUT2D eigenvalue weighted by Crippen LogP contribution is 2.06. The van der Waals surface area contributed by atoms with Gasteiger partial charge >= 0.3 is 0 Å². The van der Waals surface area contributed by atoms with Crippen LogP contribution < -0.4 is 4.74 Å². The van der Waals surface area contributed by atoms with Crippen LogP contribution >= 0.6 is 0 Å². The zero-order valence-electron chi connectivity index (χ0n) is 5.00. The van der Waals surface area contributed by atoms with Crippen molar-refractivity contribution < 1.29 is 4.74 Å². The second kappa shape index (κ2) is 2.92. The Morgan fingerprint density at radius 3 is 3.00 bits per heavy atom. The number of rotatable bonds is 2. The van der Waals surface area contributed by atoms with Gasteiger partial charge < -0.3 is 4.74 Å². The van der Waals surface area contributed by atoms with E-state index < -0.39 is 0 Å². The average Bonchev–Trinajstić information content (AvgIpc) is 1.91. The van der Waals surface area contributed by atoms with E-state index in [0.717, 1.165) is 0 Å². The lowest BCUT2D eigenvalue weighted by molar-refractivity contribution is 0.482. The third-order valence-corrected chi connectivity index (χ3v) is 0.891. The monoisotopic (exact) mass is 119 g/mol. The highest BCUT2D eigenvalue weighted by atomic mass is 16.5. The summed E-state index contributed by atoms with van der Waals surface area (Å²) in [5.41, 5.74) is 0. The maximum absolute atomic E-state index is 4.91. The van der Waals surface area contributed by atoms with Crippen molar-refractivity contribution in [2.45, 2.75) is 0 Å². The van der Waals surface area contributed by atoms with Crippen LogP contribution in [-0.4, -0.2) is 0 Å². The van der Waals surface area contributed by atoms with E-state index in [2.05, 4.69) is 12.6 Å². The molecule has 0 atom stereocenters. The predicted octanol–water partition coefficient (Wildman–Crippen LogP) is 2.01. The predicted molar refractivity (Wildman–Crippen MR) is 36.1 cm³/mol. The minimum atomic E-state index is 0.701. The van der Waals surface area contributed by atoms with Gasteiger partial charge in [-0.2, -0.15) is 0 Å². The maximum Gasteiger partial charge on any atom is 0.134 e. The molecule has 1 heteroatoms. The average molecular weight is 119 g/mol. The van der Waals surface area contributed by atoms with E-state index in [1.165, 1.54) is 6.26 Å². The van der Waals surface area contributed by atoms with Gasteiger partial charge in [0.1, 0.15) is 5.75 Å². The number of benzene rings is 1. The molecule has 1 aromatic carbocycles. The Bertz CT molecular complexity index is 179. The Morgan fingerprint density at radius 2 is 2.44 bits per heavy atom. The molecular weight excluding hydrogens is 112 g/mol. The Hall–Kier alpha value is -1.24. The second-order valence-electron chi connectivity index (χ2n) is 1.51. The molecule has 1 radical (unpaired) electrons. The SMILES string of the molecule is C=COc1[c]cccc1. The number of hydrogen-bond donors (Lipinski definition) is 0.